The Bertz CT molecular complexity index is 1510. The number of nitrogens with zero attached hydrogens (tertiary/aromatic N) is 3. The van der Waals surface area contributed by atoms with Crippen molar-refractivity contribution in [2.24, 2.45) is 0 Å². The van der Waals surface area contributed by atoms with E-state index in [1.807, 2.05) is 48.1 Å². The summed E-state index contributed by atoms with van der Waals surface area (Å²) in [5.74, 6) is 0.696. The highest BCUT2D eigenvalue weighted by molar-refractivity contribution is 7.99. The third-order valence-electron chi connectivity index (χ3n) is 6.38. The highest BCUT2D eigenvalue weighted by atomic mass is 35.5. The summed E-state index contributed by atoms with van der Waals surface area (Å²) in [4.78, 5) is 25.6. The molecule has 8 nitrogen and oxygen atoms in total. The largest absolute Gasteiger partial charge is 0.483 e. The summed E-state index contributed by atoms with van der Waals surface area (Å²) in [5, 5.41) is 15.0. The molecule has 0 aliphatic heterocycles. The lowest BCUT2D eigenvalue weighted by molar-refractivity contribution is -0.113. The van der Waals surface area contributed by atoms with Gasteiger partial charge in [0.15, 0.2) is 17.1 Å². The van der Waals surface area contributed by atoms with Crippen molar-refractivity contribution in [3.63, 3.8) is 0 Å². The number of ether oxygens (including phenoxy) is 2. The van der Waals surface area contributed by atoms with Crippen LogP contribution in [-0.2, 0) is 21.5 Å². The summed E-state index contributed by atoms with van der Waals surface area (Å²) in [6.07, 6.45) is -0.342. The zero-order valence-corrected chi connectivity index (χ0v) is 26.2. The van der Waals surface area contributed by atoms with Gasteiger partial charge in [-0.05, 0) is 54.7 Å². The van der Waals surface area contributed by atoms with Gasteiger partial charge in [-0.2, -0.15) is 0 Å². The van der Waals surface area contributed by atoms with E-state index in [2.05, 4.69) is 48.4 Å². The molecule has 0 spiro atoms. The molecule has 0 fully saturated rings. The first-order valence-electron chi connectivity index (χ1n) is 13.1. The number of methoxy groups -OCH3 is 1. The van der Waals surface area contributed by atoms with Crippen molar-refractivity contribution in [2.45, 2.75) is 57.8 Å². The van der Waals surface area contributed by atoms with Crippen molar-refractivity contribution in [1.29, 1.82) is 0 Å². The number of carbonyl (C=O) groups excluding carboxylic acids is 2. The third-order valence-corrected chi connectivity index (χ3v) is 8.49. The number of anilines is 1. The predicted molar refractivity (Wildman–Crippen MR) is 165 cm³/mol. The maximum Gasteiger partial charge on any atom is 0.341 e. The Labute approximate surface area is 253 Å². The van der Waals surface area contributed by atoms with Crippen molar-refractivity contribution in [3.8, 4) is 16.9 Å². The first kappa shape index (κ1) is 30.6. The van der Waals surface area contributed by atoms with Gasteiger partial charge < -0.3 is 19.4 Å². The van der Waals surface area contributed by atoms with Crippen LogP contribution in [0.1, 0.15) is 62.5 Å². The average Bonchev–Trinajstić information content (AvgIpc) is 3.55. The Hall–Kier alpha value is -3.34. The fourth-order valence-corrected chi connectivity index (χ4v) is 6.09. The number of halogens is 1. The van der Waals surface area contributed by atoms with E-state index in [-0.39, 0.29) is 23.2 Å². The number of carbonyl (C=O) groups is 2. The van der Waals surface area contributed by atoms with E-state index in [0.717, 1.165) is 11.3 Å². The molecule has 1 unspecified atom stereocenters. The molecule has 11 heteroatoms. The number of aromatic nitrogens is 3. The minimum atomic E-state index is -0.531. The van der Waals surface area contributed by atoms with E-state index in [9.17, 15) is 9.59 Å². The van der Waals surface area contributed by atoms with E-state index < -0.39 is 5.97 Å². The minimum absolute atomic E-state index is 0.0638. The molecule has 1 atom stereocenters. The van der Waals surface area contributed by atoms with Gasteiger partial charge in [-0.25, -0.2) is 4.79 Å². The maximum absolute atomic E-state index is 12.9. The van der Waals surface area contributed by atoms with Crippen LogP contribution < -0.4 is 10.1 Å². The van der Waals surface area contributed by atoms with Gasteiger partial charge in [-0.3, -0.25) is 4.79 Å². The highest BCUT2D eigenvalue weighted by Crippen LogP contribution is 2.37. The Morgan fingerprint density at radius 3 is 2.39 bits per heavy atom. The fraction of sp³-hybridized carbons (Fsp3) is 0.333. The van der Waals surface area contributed by atoms with Crippen LogP contribution in [0.5, 0.6) is 5.75 Å². The molecule has 0 radical (unpaired) electrons. The molecule has 4 aromatic rings. The molecule has 41 heavy (non-hydrogen) atoms. The molecule has 0 saturated heterocycles. The molecule has 0 bridgehead atoms. The first-order chi connectivity index (χ1) is 19.5. The summed E-state index contributed by atoms with van der Waals surface area (Å²) < 4.78 is 13.1. The molecule has 2 aromatic heterocycles. The standard InChI is InChI=1S/C30H33ClN4O4S2/c1-7-35-26(18(2)39-22-14-10-20(11-15-22)30(3,4)5)33-34-29(35)41-17-24(36)32-27-25(28(37)38-6)23(16-40-27)19-8-12-21(31)13-9-19/h8-16,18H,7,17H2,1-6H3,(H,32,36). The fourth-order valence-electron chi connectivity index (χ4n) is 4.18. The molecule has 1 amide bonds. The van der Waals surface area contributed by atoms with Gasteiger partial charge in [0, 0.05) is 22.5 Å². The topological polar surface area (TPSA) is 95.3 Å². The van der Waals surface area contributed by atoms with Gasteiger partial charge in [0.25, 0.3) is 0 Å². The van der Waals surface area contributed by atoms with Gasteiger partial charge in [-0.1, -0.05) is 68.4 Å². The van der Waals surface area contributed by atoms with Gasteiger partial charge in [0.05, 0.1) is 12.9 Å². The van der Waals surface area contributed by atoms with Crippen molar-refractivity contribution < 1.29 is 19.1 Å². The molecule has 0 aliphatic carbocycles. The number of amides is 1. The lowest BCUT2D eigenvalue weighted by Gasteiger charge is -2.20. The molecule has 216 valence electrons. The van der Waals surface area contributed by atoms with Crippen molar-refractivity contribution >= 4 is 51.6 Å². The minimum Gasteiger partial charge on any atom is -0.483 e. The lowest BCUT2D eigenvalue weighted by atomic mass is 9.87. The van der Waals surface area contributed by atoms with Gasteiger partial charge in [0.2, 0.25) is 5.91 Å². The van der Waals surface area contributed by atoms with Crippen LogP contribution in [0.15, 0.2) is 59.1 Å². The van der Waals surface area contributed by atoms with Gasteiger partial charge >= 0.3 is 5.97 Å². The van der Waals surface area contributed by atoms with Crippen LogP contribution in [0.2, 0.25) is 5.02 Å². The second-order valence-corrected chi connectivity index (χ2v) is 12.6. The molecular formula is C30H33ClN4O4S2. The Kier molecular flexibility index (Phi) is 9.78. The number of esters is 1. The summed E-state index contributed by atoms with van der Waals surface area (Å²) in [7, 11) is 1.31. The maximum atomic E-state index is 12.9. The SMILES string of the molecule is CCn1c(SCC(=O)Nc2scc(-c3ccc(Cl)cc3)c2C(=O)OC)nnc1C(C)Oc1ccc(C(C)(C)C)cc1. The predicted octanol–water partition coefficient (Wildman–Crippen LogP) is 7.63. The Balaban J connectivity index is 1.43. The van der Waals surface area contributed by atoms with Crippen LogP contribution in [0.3, 0.4) is 0 Å². The zero-order valence-electron chi connectivity index (χ0n) is 23.9. The lowest BCUT2D eigenvalue weighted by Crippen LogP contribution is -2.17. The molecule has 2 heterocycles. The summed E-state index contributed by atoms with van der Waals surface area (Å²) in [5.41, 5.74) is 3.06. The molecular weight excluding hydrogens is 580 g/mol. The first-order valence-corrected chi connectivity index (χ1v) is 15.3. The van der Waals surface area contributed by atoms with Crippen LogP contribution in [0.25, 0.3) is 11.1 Å². The highest BCUT2D eigenvalue weighted by Gasteiger charge is 2.24. The number of thioether (sulfide) groups is 1. The van der Waals surface area contributed by atoms with Crippen LogP contribution >= 0.6 is 34.7 Å². The monoisotopic (exact) mass is 612 g/mol. The van der Waals surface area contributed by atoms with E-state index in [4.69, 9.17) is 21.1 Å². The van der Waals surface area contributed by atoms with Crippen molar-refractivity contribution in [3.05, 3.63) is 75.9 Å². The second-order valence-electron chi connectivity index (χ2n) is 10.3. The van der Waals surface area contributed by atoms with Crippen LogP contribution in [0, 0.1) is 0 Å². The molecule has 0 aliphatic rings. The molecule has 2 aromatic carbocycles. The molecule has 4 rings (SSSR count). The number of nitrogens with one attached hydrogen (secondary N) is 1. The second kappa shape index (κ2) is 13.1. The number of thiophene rings is 1. The molecule has 1 N–H and O–H groups in total. The average molecular weight is 613 g/mol. The summed E-state index contributed by atoms with van der Waals surface area (Å²) >= 11 is 8.55. The summed E-state index contributed by atoms with van der Waals surface area (Å²) in [6.45, 7) is 11.1. The van der Waals surface area contributed by atoms with Crippen LogP contribution in [0.4, 0.5) is 5.00 Å². The van der Waals surface area contributed by atoms with E-state index >= 15 is 0 Å². The van der Waals surface area contributed by atoms with E-state index in [0.29, 0.717) is 38.7 Å². The number of benzene rings is 2. The Morgan fingerprint density at radius 2 is 1.78 bits per heavy atom. The van der Waals surface area contributed by atoms with E-state index in [1.165, 1.54) is 35.8 Å². The smallest absolute Gasteiger partial charge is 0.341 e. The number of hydrogen-bond acceptors (Lipinski definition) is 8. The van der Waals surface area contributed by atoms with E-state index in [1.54, 1.807) is 12.1 Å². The van der Waals surface area contributed by atoms with Crippen molar-refractivity contribution in [2.75, 3.05) is 18.2 Å². The third kappa shape index (κ3) is 7.30. The number of rotatable bonds is 10. The molecule has 0 saturated carbocycles. The quantitative estimate of drug-likeness (QED) is 0.145. The number of hydrogen-bond donors (Lipinski definition) is 1. The van der Waals surface area contributed by atoms with Crippen molar-refractivity contribution in [1.82, 2.24) is 14.8 Å². The zero-order chi connectivity index (χ0) is 29.7. The van der Waals surface area contributed by atoms with Crippen LogP contribution in [-0.4, -0.2) is 39.5 Å². The van der Waals surface area contributed by atoms with Gasteiger partial charge in [0.1, 0.15) is 16.3 Å². The Morgan fingerprint density at radius 1 is 1.10 bits per heavy atom. The summed E-state index contributed by atoms with van der Waals surface area (Å²) in [6, 6.07) is 15.2. The van der Waals surface area contributed by atoms with Gasteiger partial charge in [-0.15, -0.1) is 21.5 Å². The normalized spacial score (nSPS) is 12.2.